The van der Waals surface area contributed by atoms with E-state index < -0.39 is 6.04 Å². The molecule has 106 valence electrons. The number of hydrogen-bond donors (Lipinski definition) is 1. The van der Waals surface area contributed by atoms with Crippen molar-refractivity contribution in [1.82, 2.24) is 4.90 Å². The molecule has 1 fully saturated rings. The van der Waals surface area contributed by atoms with Crippen LogP contribution in [-0.2, 0) is 11.3 Å². The third-order valence-electron chi connectivity index (χ3n) is 3.00. The summed E-state index contributed by atoms with van der Waals surface area (Å²) in [5, 5.41) is 1.04. The Morgan fingerprint density at radius 2 is 2.05 bits per heavy atom. The van der Waals surface area contributed by atoms with Crippen LogP contribution in [0.1, 0.15) is 25.3 Å². The molecule has 0 unspecified atom stereocenters. The van der Waals surface area contributed by atoms with Gasteiger partial charge in [0.25, 0.3) is 0 Å². The number of nitrogens with two attached hydrogens (primary N) is 1. The summed E-state index contributed by atoms with van der Waals surface area (Å²) >= 11 is 11.8. The molecule has 1 atom stereocenters. The number of benzene rings is 1. The Morgan fingerprint density at radius 1 is 1.42 bits per heavy atom. The molecule has 1 saturated carbocycles. The fourth-order valence-electron chi connectivity index (χ4n) is 1.87. The third kappa shape index (κ3) is 4.25. The van der Waals surface area contributed by atoms with E-state index >= 15 is 0 Å². The van der Waals surface area contributed by atoms with Crippen molar-refractivity contribution in [2.45, 2.75) is 38.4 Å². The van der Waals surface area contributed by atoms with E-state index in [1.165, 1.54) is 0 Å². The lowest BCUT2D eigenvalue weighted by Gasteiger charge is -2.24. The lowest BCUT2D eigenvalue weighted by atomic mass is 10.2. The predicted octanol–water partition coefficient (Wildman–Crippen LogP) is 3.25. The van der Waals surface area contributed by atoms with Crippen molar-refractivity contribution in [1.29, 1.82) is 0 Å². The number of carbonyl (C=O) groups excluding carboxylic acids is 1. The highest BCUT2D eigenvalue weighted by molar-refractivity contribution is 6.42. The van der Waals surface area contributed by atoms with E-state index in [1.807, 2.05) is 11.0 Å². The van der Waals surface area contributed by atoms with Gasteiger partial charge in [-0.05, 0) is 37.5 Å². The van der Waals surface area contributed by atoms with Gasteiger partial charge in [0.1, 0.15) is 0 Å². The van der Waals surface area contributed by atoms with Gasteiger partial charge >= 0.3 is 0 Å². The first-order valence-electron chi connectivity index (χ1n) is 5.99. The van der Waals surface area contributed by atoms with Gasteiger partial charge in [-0.25, -0.2) is 0 Å². The van der Waals surface area contributed by atoms with Gasteiger partial charge in [0.05, 0.1) is 16.1 Å². The van der Waals surface area contributed by atoms with E-state index in [9.17, 15) is 4.79 Å². The largest absolute Gasteiger partial charge is 0.334 e. The fraction of sp³-hybridized carbons (Fsp3) is 0.462. The molecule has 1 aromatic carbocycles. The molecule has 1 aliphatic carbocycles. The van der Waals surface area contributed by atoms with E-state index in [2.05, 4.69) is 0 Å². The average Bonchev–Trinajstić information content (AvgIpc) is 3.13. The Labute approximate surface area is 129 Å². The molecule has 2 rings (SSSR count). The van der Waals surface area contributed by atoms with E-state index in [-0.39, 0.29) is 18.3 Å². The van der Waals surface area contributed by atoms with Crippen LogP contribution in [-0.4, -0.2) is 22.9 Å². The second kappa shape index (κ2) is 6.80. The first-order chi connectivity index (χ1) is 8.49. The number of carbonyl (C=O) groups is 1. The van der Waals surface area contributed by atoms with E-state index in [0.717, 1.165) is 18.4 Å². The van der Waals surface area contributed by atoms with E-state index in [0.29, 0.717) is 22.6 Å². The summed E-state index contributed by atoms with van der Waals surface area (Å²) in [5.41, 5.74) is 6.65. The lowest BCUT2D eigenvalue weighted by molar-refractivity contribution is -0.133. The second-order valence-electron chi connectivity index (χ2n) is 4.73. The van der Waals surface area contributed by atoms with Crippen LogP contribution in [0.2, 0.25) is 10.0 Å². The van der Waals surface area contributed by atoms with Gasteiger partial charge in [-0.2, -0.15) is 0 Å². The SMILES string of the molecule is C[C@H](N)C(=O)N(Cc1ccc(Cl)c(Cl)c1)C1CC1.Cl. The molecular formula is C13H17Cl3N2O. The molecule has 1 amide bonds. The molecule has 0 spiro atoms. The minimum absolute atomic E-state index is 0. The number of rotatable bonds is 4. The monoisotopic (exact) mass is 322 g/mol. The summed E-state index contributed by atoms with van der Waals surface area (Å²) in [6.45, 7) is 2.26. The first kappa shape index (κ1) is 16.6. The molecule has 0 bridgehead atoms. The van der Waals surface area contributed by atoms with Crippen LogP contribution in [0.15, 0.2) is 18.2 Å². The van der Waals surface area contributed by atoms with Gasteiger partial charge in [0.2, 0.25) is 5.91 Å². The highest BCUT2D eigenvalue weighted by atomic mass is 35.5. The fourth-order valence-corrected chi connectivity index (χ4v) is 2.19. The summed E-state index contributed by atoms with van der Waals surface area (Å²) in [5.74, 6) is -0.0106. The molecule has 3 nitrogen and oxygen atoms in total. The minimum Gasteiger partial charge on any atom is -0.334 e. The van der Waals surface area contributed by atoms with E-state index in [1.54, 1.807) is 19.1 Å². The molecule has 0 heterocycles. The minimum atomic E-state index is -0.464. The summed E-state index contributed by atoms with van der Waals surface area (Å²) in [6, 6.07) is 5.30. The average molecular weight is 324 g/mol. The Morgan fingerprint density at radius 3 is 2.53 bits per heavy atom. The summed E-state index contributed by atoms with van der Waals surface area (Å²) in [4.78, 5) is 13.9. The van der Waals surface area contributed by atoms with Crippen LogP contribution in [0.4, 0.5) is 0 Å². The Hall–Kier alpha value is -0.480. The highest BCUT2D eigenvalue weighted by Gasteiger charge is 2.33. The molecule has 2 N–H and O–H groups in total. The smallest absolute Gasteiger partial charge is 0.239 e. The van der Waals surface area contributed by atoms with Crippen molar-refractivity contribution in [3.8, 4) is 0 Å². The van der Waals surface area contributed by atoms with Crippen LogP contribution >= 0.6 is 35.6 Å². The normalized spacial score (nSPS) is 15.6. The lowest BCUT2D eigenvalue weighted by Crippen LogP contribution is -2.42. The molecular weight excluding hydrogens is 307 g/mol. The molecule has 0 aliphatic heterocycles. The van der Waals surface area contributed by atoms with Crippen LogP contribution in [0.5, 0.6) is 0 Å². The number of halogens is 3. The zero-order chi connectivity index (χ0) is 13.3. The standard InChI is InChI=1S/C13H16Cl2N2O.ClH/c1-8(16)13(18)17(10-3-4-10)7-9-2-5-11(14)12(15)6-9;/h2,5-6,8,10H,3-4,7,16H2,1H3;1H/t8-;/m0./s1. The molecule has 19 heavy (non-hydrogen) atoms. The number of amides is 1. The Kier molecular flexibility index (Phi) is 5.93. The van der Waals surface area contributed by atoms with Gasteiger partial charge in [-0.1, -0.05) is 29.3 Å². The first-order valence-corrected chi connectivity index (χ1v) is 6.74. The van der Waals surface area contributed by atoms with Crippen molar-refractivity contribution in [2.75, 3.05) is 0 Å². The quantitative estimate of drug-likeness (QED) is 0.924. The summed E-state index contributed by atoms with van der Waals surface area (Å²) < 4.78 is 0. The maximum Gasteiger partial charge on any atom is 0.239 e. The van der Waals surface area contributed by atoms with Crippen LogP contribution in [0, 0.1) is 0 Å². The number of hydrogen-bond acceptors (Lipinski definition) is 2. The molecule has 1 aliphatic rings. The maximum atomic E-state index is 12.0. The van der Waals surface area contributed by atoms with Crippen molar-refractivity contribution >= 4 is 41.5 Å². The van der Waals surface area contributed by atoms with Crippen molar-refractivity contribution < 1.29 is 4.79 Å². The van der Waals surface area contributed by atoms with Gasteiger partial charge in [0.15, 0.2) is 0 Å². The molecule has 0 saturated heterocycles. The van der Waals surface area contributed by atoms with E-state index in [4.69, 9.17) is 28.9 Å². The predicted molar refractivity (Wildman–Crippen MR) is 80.9 cm³/mol. The maximum absolute atomic E-state index is 12.0. The molecule has 0 aromatic heterocycles. The Bertz CT molecular complexity index is 461. The summed E-state index contributed by atoms with van der Waals surface area (Å²) in [7, 11) is 0. The highest BCUT2D eigenvalue weighted by Crippen LogP contribution is 2.30. The topological polar surface area (TPSA) is 46.3 Å². The van der Waals surface area contributed by atoms with Gasteiger partial charge in [0, 0.05) is 12.6 Å². The molecule has 1 aromatic rings. The second-order valence-corrected chi connectivity index (χ2v) is 5.55. The van der Waals surface area contributed by atoms with Gasteiger partial charge in [-0.3, -0.25) is 4.79 Å². The van der Waals surface area contributed by atoms with Crippen molar-refractivity contribution in [2.24, 2.45) is 5.73 Å². The summed E-state index contributed by atoms with van der Waals surface area (Å²) in [6.07, 6.45) is 2.11. The van der Waals surface area contributed by atoms with Gasteiger partial charge < -0.3 is 10.6 Å². The molecule has 6 heteroatoms. The van der Waals surface area contributed by atoms with Crippen LogP contribution < -0.4 is 5.73 Å². The van der Waals surface area contributed by atoms with Gasteiger partial charge in [-0.15, -0.1) is 12.4 Å². The molecule has 0 radical (unpaired) electrons. The Balaban J connectivity index is 0.00000180. The zero-order valence-corrected chi connectivity index (χ0v) is 12.9. The van der Waals surface area contributed by atoms with Crippen LogP contribution in [0.3, 0.4) is 0 Å². The van der Waals surface area contributed by atoms with Crippen molar-refractivity contribution in [3.05, 3.63) is 33.8 Å². The number of nitrogens with zero attached hydrogens (tertiary/aromatic N) is 1. The third-order valence-corrected chi connectivity index (χ3v) is 3.74. The van der Waals surface area contributed by atoms with Crippen LogP contribution in [0.25, 0.3) is 0 Å². The zero-order valence-electron chi connectivity index (χ0n) is 10.6. The van der Waals surface area contributed by atoms with Crippen molar-refractivity contribution in [3.63, 3.8) is 0 Å².